The third-order valence-electron chi connectivity index (χ3n) is 3.39. The fourth-order valence-corrected chi connectivity index (χ4v) is 3.28. The summed E-state index contributed by atoms with van der Waals surface area (Å²) in [5.41, 5.74) is 1.16. The second-order valence-corrected chi connectivity index (χ2v) is 8.25. The van der Waals surface area contributed by atoms with Gasteiger partial charge in [-0.1, -0.05) is 0 Å². The molecule has 0 bridgehead atoms. The molecule has 1 aromatic rings. The number of hydrogen-bond acceptors (Lipinski definition) is 3. The highest BCUT2D eigenvalue weighted by molar-refractivity contribution is 14.0. The highest BCUT2D eigenvalue weighted by Gasteiger charge is 2.10. The standard InChI is InChI=1S/C14H26BrN5O2S.HI/c1-5-23(21,22)18-8-6-7-17-14(16-2)20(4)11-13-9-12(15)10-19(13)3;/h9-10,18H,5-8,11H2,1-4H3,(H,16,17);1H. The summed E-state index contributed by atoms with van der Waals surface area (Å²) in [7, 11) is 2.60. The molecule has 1 heterocycles. The molecule has 2 N–H and O–H groups in total. The predicted octanol–water partition coefficient (Wildman–Crippen LogP) is 1.74. The zero-order valence-electron chi connectivity index (χ0n) is 14.5. The van der Waals surface area contributed by atoms with Gasteiger partial charge in [0.05, 0.1) is 12.3 Å². The lowest BCUT2D eigenvalue weighted by Crippen LogP contribution is -2.40. The molecular formula is C14H27BrIN5O2S. The molecule has 0 atom stereocenters. The molecule has 0 spiro atoms. The van der Waals surface area contributed by atoms with E-state index in [0.717, 1.165) is 22.7 Å². The molecule has 0 saturated heterocycles. The van der Waals surface area contributed by atoms with Crippen molar-refractivity contribution < 1.29 is 8.42 Å². The van der Waals surface area contributed by atoms with Gasteiger partial charge in [-0.25, -0.2) is 13.1 Å². The largest absolute Gasteiger partial charge is 0.356 e. The molecule has 0 radical (unpaired) electrons. The van der Waals surface area contributed by atoms with Crippen LogP contribution < -0.4 is 10.0 Å². The van der Waals surface area contributed by atoms with Crippen LogP contribution in [0.3, 0.4) is 0 Å². The first-order valence-corrected chi connectivity index (χ1v) is 9.93. The molecule has 1 rings (SSSR count). The topological polar surface area (TPSA) is 78.7 Å². The molecule has 0 amide bonds. The maximum absolute atomic E-state index is 11.3. The Balaban J connectivity index is 0.00000529. The number of sulfonamides is 1. The third kappa shape index (κ3) is 8.17. The highest BCUT2D eigenvalue weighted by atomic mass is 127. The van der Waals surface area contributed by atoms with E-state index < -0.39 is 10.0 Å². The van der Waals surface area contributed by atoms with E-state index in [4.69, 9.17) is 0 Å². The molecule has 1 aromatic heterocycles. The fourth-order valence-electron chi connectivity index (χ4n) is 2.04. The van der Waals surface area contributed by atoms with Crippen LogP contribution in [0.25, 0.3) is 0 Å². The Labute approximate surface area is 170 Å². The maximum Gasteiger partial charge on any atom is 0.211 e. The molecule has 0 aromatic carbocycles. The van der Waals surface area contributed by atoms with Gasteiger partial charge in [-0.2, -0.15) is 0 Å². The summed E-state index contributed by atoms with van der Waals surface area (Å²) >= 11 is 3.47. The molecular weight excluding hydrogens is 509 g/mol. The van der Waals surface area contributed by atoms with Crippen LogP contribution in [-0.4, -0.2) is 56.8 Å². The van der Waals surface area contributed by atoms with Crippen LogP contribution in [0.1, 0.15) is 19.0 Å². The Morgan fingerprint density at radius 3 is 2.58 bits per heavy atom. The normalized spacial score (nSPS) is 12.0. The van der Waals surface area contributed by atoms with E-state index in [1.54, 1.807) is 14.0 Å². The van der Waals surface area contributed by atoms with Gasteiger partial charge in [-0.15, -0.1) is 24.0 Å². The first-order chi connectivity index (χ1) is 10.8. The molecule has 0 aliphatic rings. The number of nitrogens with one attached hydrogen (secondary N) is 2. The van der Waals surface area contributed by atoms with Crippen LogP contribution >= 0.6 is 39.9 Å². The zero-order valence-corrected chi connectivity index (χ0v) is 19.3. The van der Waals surface area contributed by atoms with Gasteiger partial charge in [-0.05, 0) is 35.3 Å². The van der Waals surface area contributed by atoms with E-state index in [2.05, 4.69) is 41.6 Å². The average Bonchev–Trinajstić information content (AvgIpc) is 2.80. The molecule has 140 valence electrons. The molecule has 0 saturated carbocycles. The summed E-state index contributed by atoms with van der Waals surface area (Å²) in [5, 5.41) is 3.24. The number of nitrogens with zero attached hydrogens (tertiary/aromatic N) is 3. The van der Waals surface area contributed by atoms with Crippen LogP contribution in [0.5, 0.6) is 0 Å². The molecule has 0 aliphatic heterocycles. The smallest absolute Gasteiger partial charge is 0.211 e. The monoisotopic (exact) mass is 535 g/mol. The van der Waals surface area contributed by atoms with Gasteiger partial charge < -0.3 is 14.8 Å². The van der Waals surface area contributed by atoms with Crippen molar-refractivity contribution in [2.24, 2.45) is 12.0 Å². The van der Waals surface area contributed by atoms with Gasteiger partial charge >= 0.3 is 0 Å². The predicted molar refractivity (Wildman–Crippen MR) is 113 cm³/mol. The van der Waals surface area contributed by atoms with Crippen LogP contribution in [-0.2, 0) is 23.6 Å². The summed E-state index contributed by atoms with van der Waals surface area (Å²) in [6.07, 6.45) is 2.71. The second-order valence-electron chi connectivity index (χ2n) is 5.24. The van der Waals surface area contributed by atoms with Gasteiger partial charge in [0.1, 0.15) is 0 Å². The number of rotatable bonds is 8. The number of hydrogen-bond donors (Lipinski definition) is 2. The van der Waals surface area contributed by atoms with Crippen molar-refractivity contribution in [3.63, 3.8) is 0 Å². The van der Waals surface area contributed by atoms with Crippen molar-refractivity contribution in [1.82, 2.24) is 19.5 Å². The van der Waals surface area contributed by atoms with Crippen molar-refractivity contribution in [2.75, 3.05) is 32.9 Å². The minimum Gasteiger partial charge on any atom is -0.356 e. The highest BCUT2D eigenvalue weighted by Crippen LogP contribution is 2.14. The van der Waals surface area contributed by atoms with Crippen molar-refractivity contribution in [1.29, 1.82) is 0 Å². The van der Waals surface area contributed by atoms with Gasteiger partial charge in [0.25, 0.3) is 0 Å². The number of aryl methyl sites for hydroxylation is 1. The van der Waals surface area contributed by atoms with Crippen molar-refractivity contribution in [3.8, 4) is 0 Å². The van der Waals surface area contributed by atoms with Crippen molar-refractivity contribution >= 4 is 55.9 Å². The maximum atomic E-state index is 11.3. The van der Waals surface area contributed by atoms with Gasteiger partial charge in [-0.3, -0.25) is 4.99 Å². The Bertz CT molecular complexity index is 633. The minimum absolute atomic E-state index is 0. The molecule has 0 unspecified atom stereocenters. The Morgan fingerprint density at radius 1 is 1.42 bits per heavy atom. The summed E-state index contributed by atoms with van der Waals surface area (Å²) in [4.78, 5) is 6.28. The van der Waals surface area contributed by atoms with Crippen LogP contribution in [0.2, 0.25) is 0 Å². The molecule has 24 heavy (non-hydrogen) atoms. The SMILES string of the molecule is CCS(=O)(=O)NCCCNC(=NC)N(C)Cc1cc(Br)cn1C.I. The van der Waals surface area contributed by atoms with Gasteiger partial charge in [0.15, 0.2) is 5.96 Å². The molecule has 10 heteroatoms. The van der Waals surface area contributed by atoms with Gasteiger partial charge in [0, 0.05) is 50.6 Å². The van der Waals surface area contributed by atoms with Crippen LogP contribution in [0, 0.1) is 0 Å². The van der Waals surface area contributed by atoms with Crippen molar-refractivity contribution in [3.05, 3.63) is 22.4 Å². The van der Waals surface area contributed by atoms with Crippen molar-refractivity contribution in [2.45, 2.75) is 19.9 Å². The molecule has 7 nitrogen and oxygen atoms in total. The van der Waals surface area contributed by atoms with E-state index in [1.165, 1.54) is 0 Å². The Morgan fingerprint density at radius 2 is 2.08 bits per heavy atom. The summed E-state index contributed by atoms with van der Waals surface area (Å²) in [5.74, 6) is 0.887. The van der Waals surface area contributed by atoms with Crippen LogP contribution in [0.15, 0.2) is 21.7 Å². The first kappa shape index (κ1) is 23.7. The number of aromatic nitrogens is 1. The number of aliphatic imine (C=N–C) groups is 1. The summed E-state index contributed by atoms with van der Waals surface area (Å²) in [6, 6.07) is 2.07. The first-order valence-electron chi connectivity index (χ1n) is 7.49. The minimum atomic E-state index is -3.11. The lowest BCUT2D eigenvalue weighted by Gasteiger charge is -2.22. The number of halogens is 2. The summed E-state index contributed by atoms with van der Waals surface area (Å²) in [6.45, 7) is 3.43. The van der Waals surface area contributed by atoms with E-state index in [1.807, 2.05) is 25.2 Å². The van der Waals surface area contributed by atoms with Crippen LogP contribution in [0.4, 0.5) is 0 Å². The lowest BCUT2D eigenvalue weighted by atomic mass is 10.4. The lowest BCUT2D eigenvalue weighted by molar-refractivity contribution is 0.461. The average molecular weight is 536 g/mol. The number of guanidine groups is 1. The fraction of sp³-hybridized carbons (Fsp3) is 0.643. The molecule has 0 aliphatic carbocycles. The van der Waals surface area contributed by atoms with Gasteiger partial charge in [0.2, 0.25) is 10.0 Å². The molecule has 0 fully saturated rings. The van der Waals surface area contributed by atoms with E-state index in [0.29, 0.717) is 19.5 Å². The third-order valence-corrected chi connectivity index (χ3v) is 5.22. The second kappa shape index (κ2) is 11.3. The Hall–Kier alpha value is -0.330. The van der Waals surface area contributed by atoms with E-state index in [9.17, 15) is 8.42 Å². The zero-order chi connectivity index (χ0) is 17.5. The van der Waals surface area contributed by atoms with E-state index >= 15 is 0 Å². The Kier molecular flexibility index (Phi) is 11.2. The van der Waals surface area contributed by atoms with E-state index in [-0.39, 0.29) is 29.7 Å². The quantitative estimate of drug-likeness (QED) is 0.230. The summed E-state index contributed by atoms with van der Waals surface area (Å²) < 4.78 is 28.3.